The molecule has 68 heavy (non-hydrogen) atoms. The summed E-state index contributed by atoms with van der Waals surface area (Å²) in [5.41, 5.74) is -2.34. The number of hydrogen-bond acceptors (Lipinski definition) is 18. The van der Waals surface area contributed by atoms with E-state index in [-0.39, 0.29) is 37.3 Å². The quantitative estimate of drug-likeness (QED) is 0.181. The van der Waals surface area contributed by atoms with E-state index in [0.29, 0.717) is 25.9 Å². The summed E-state index contributed by atoms with van der Waals surface area (Å²) in [6.45, 7) is 19.5. The van der Waals surface area contributed by atoms with Gasteiger partial charge in [-0.25, -0.2) is 4.98 Å². The predicted molar refractivity (Wildman–Crippen MR) is 254 cm³/mol. The van der Waals surface area contributed by atoms with Crippen LogP contribution >= 0.6 is 0 Å². The SMILES string of the molecule is CC[C@H]1OC(=O)[C@H](C)[C@@H](O[C@H]2C[C@@](C)(OC)[C@@H](O)[C@H](C)O2)[C@H](C)[C@@H](O[C@@H]2O[C@H](C)C[C@H](N(C)CCc3cn(CCc4ccncc4)cn3)[C@H]2O)[C@](C)(O)C[C@@H](C)CN(C)[C@H](C)[C@@H](O)[C@]1(C)O.O=O. The number of imidazole rings is 1. The molecule has 5 N–H and O–H groups in total. The highest BCUT2D eigenvalue weighted by Gasteiger charge is 2.53. The van der Waals surface area contributed by atoms with Gasteiger partial charge in [-0.15, -0.1) is 0 Å². The fourth-order valence-electron chi connectivity index (χ4n) is 10.6. The van der Waals surface area contributed by atoms with E-state index in [1.165, 1.54) is 19.6 Å². The van der Waals surface area contributed by atoms with Gasteiger partial charge in [0, 0.05) is 86.1 Å². The van der Waals surface area contributed by atoms with E-state index in [1.54, 1.807) is 53.9 Å². The van der Waals surface area contributed by atoms with Crippen molar-refractivity contribution in [2.45, 2.75) is 205 Å². The van der Waals surface area contributed by atoms with Gasteiger partial charge in [-0.3, -0.25) is 9.78 Å². The highest BCUT2D eigenvalue weighted by atomic mass is 16.7. The molecule has 19 nitrogen and oxygen atoms in total. The fraction of sp³-hybridized carbons (Fsp3) is 0.816. The molecule has 5 rings (SSSR count). The van der Waals surface area contributed by atoms with Gasteiger partial charge in [-0.05, 0) is 112 Å². The third-order valence-electron chi connectivity index (χ3n) is 14.9. The number of hydrogen-bond donors (Lipinski definition) is 5. The van der Waals surface area contributed by atoms with Crippen molar-refractivity contribution in [3.63, 3.8) is 0 Å². The summed E-state index contributed by atoms with van der Waals surface area (Å²) >= 11 is 0. The van der Waals surface area contributed by atoms with Crippen molar-refractivity contribution in [1.82, 2.24) is 24.3 Å². The molecule has 0 aliphatic carbocycles. The van der Waals surface area contributed by atoms with Gasteiger partial charge in [0.1, 0.15) is 30.0 Å². The molecule has 3 saturated heterocycles. The minimum absolute atomic E-state index is 0.115. The number of nitrogens with zero attached hydrogens (tertiary/aromatic N) is 5. The first-order chi connectivity index (χ1) is 31.9. The molecule has 18 atom stereocenters. The van der Waals surface area contributed by atoms with Gasteiger partial charge in [0.15, 0.2) is 12.6 Å². The lowest BCUT2D eigenvalue weighted by Crippen LogP contribution is -2.61. The number of aryl methyl sites for hydroxylation is 2. The van der Waals surface area contributed by atoms with Gasteiger partial charge in [0.25, 0.3) is 0 Å². The summed E-state index contributed by atoms with van der Waals surface area (Å²) < 4.78 is 40.4. The Kier molecular flexibility index (Phi) is 21.0. The number of pyridine rings is 1. The Morgan fingerprint density at radius 1 is 0.941 bits per heavy atom. The van der Waals surface area contributed by atoms with Crippen LogP contribution in [0.4, 0.5) is 0 Å². The van der Waals surface area contributed by atoms with Crippen molar-refractivity contribution in [2.75, 3.05) is 34.3 Å². The normalized spacial score (nSPS) is 40.4. The van der Waals surface area contributed by atoms with Crippen LogP contribution in [0, 0.1) is 27.7 Å². The topological polar surface area (TPSA) is 245 Å². The Bertz CT molecular complexity index is 1830. The lowest BCUT2D eigenvalue weighted by Gasteiger charge is -2.49. The molecule has 0 bridgehead atoms. The van der Waals surface area contributed by atoms with Gasteiger partial charge in [-0.1, -0.05) is 20.8 Å². The van der Waals surface area contributed by atoms with Crippen LogP contribution in [0.5, 0.6) is 0 Å². The Morgan fingerprint density at radius 3 is 2.24 bits per heavy atom. The molecule has 388 valence electrons. The van der Waals surface area contributed by atoms with Gasteiger partial charge in [0.05, 0.1) is 53.6 Å². The van der Waals surface area contributed by atoms with E-state index in [1.807, 2.05) is 58.2 Å². The number of methoxy groups -OCH3 is 1. The van der Waals surface area contributed by atoms with Crippen molar-refractivity contribution in [2.24, 2.45) is 17.8 Å². The first kappa shape index (κ1) is 57.5. The van der Waals surface area contributed by atoms with E-state index >= 15 is 0 Å². The number of aliphatic hydroxyl groups is 5. The standard InChI is InChI=1S/C49H83N5O12.O2/c1-14-38-49(10,60)42(56)33(6)53(12)26-29(2)24-47(8,59)44(31(4)41(32(5)45(58)64-38)65-39-25-48(9,61-13)43(57)34(7)63-39)66-46-40(55)37(23-30(3)62-46)52(11)21-18-36-27-54(28-51-36)22-17-35-15-19-50-20-16-35;1-2/h15-16,19-20,27-34,37-44,46,55-57,59-60H,14,17-18,21-26H2,1-13H3;/t29-,30-,31+,32-,33-,34+,37+,38-,39+,40-,41+,42-,43+,44-,46+,47-,48-,49-;/m1./s1. The van der Waals surface area contributed by atoms with Crippen LogP contribution in [-0.4, -0.2) is 180 Å². The molecule has 3 aliphatic rings. The number of aliphatic hydroxyl groups excluding tert-OH is 3. The zero-order valence-corrected chi connectivity index (χ0v) is 42.6. The second-order valence-corrected chi connectivity index (χ2v) is 20.6. The van der Waals surface area contributed by atoms with Crippen LogP contribution in [0.25, 0.3) is 0 Å². The first-order valence-electron chi connectivity index (χ1n) is 24.2. The minimum Gasteiger partial charge on any atom is -0.459 e. The zero-order valence-electron chi connectivity index (χ0n) is 42.6. The molecule has 2 aromatic heterocycles. The highest BCUT2D eigenvalue weighted by Crippen LogP contribution is 2.40. The minimum atomic E-state index is -1.82. The molecule has 3 fully saturated rings. The fourth-order valence-corrected chi connectivity index (χ4v) is 10.6. The highest BCUT2D eigenvalue weighted by molar-refractivity contribution is 5.73. The summed E-state index contributed by atoms with van der Waals surface area (Å²) in [5.74, 6) is -2.71. The molecule has 0 amide bonds. The van der Waals surface area contributed by atoms with Gasteiger partial charge in [-0.2, -0.15) is 0 Å². The molecule has 0 saturated carbocycles. The lowest BCUT2D eigenvalue weighted by atomic mass is 9.77. The van der Waals surface area contributed by atoms with E-state index in [2.05, 4.69) is 25.6 Å². The van der Waals surface area contributed by atoms with Crippen LogP contribution in [0.3, 0.4) is 0 Å². The first-order valence-corrected chi connectivity index (χ1v) is 24.2. The molecule has 5 heterocycles. The van der Waals surface area contributed by atoms with Crippen molar-refractivity contribution >= 4 is 5.97 Å². The molecule has 2 aromatic rings. The molecule has 0 unspecified atom stereocenters. The van der Waals surface area contributed by atoms with E-state index in [9.17, 15) is 30.3 Å². The van der Waals surface area contributed by atoms with Crippen molar-refractivity contribution in [3.05, 3.63) is 58.2 Å². The smallest absolute Gasteiger partial charge is 0.311 e. The monoisotopic (exact) mass is 966 g/mol. The molecule has 0 radical (unpaired) electrons. The number of carbonyl (C=O) groups is 1. The molecule has 19 heteroatoms. The number of ether oxygens (including phenoxy) is 6. The summed E-state index contributed by atoms with van der Waals surface area (Å²) in [6.07, 6.45) is 0.270. The lowest BCUT2D eigenvalue weighted by molar-refractivity contribution is -0.318. The third kappa shape index (κ3) is 14.1. The maximum atomic E-state index is 14.4. The van der Waals surface area contributed by atoms with Crippen LogP contribution in [0.15, 0.2) is 37.1 Å². The molecule has 0 spiro atoms. The average molecular weight is 966 g/mol. The van der Waals surface area contributed by atoms with Crippen LogP contribution in [-0.2, 0) is 52.6 Å². The summed E-state index contributed by atoms with van der Waals surface area (Å²) in [7, 11) is 5.33. The molecule has 0 aromatic carbocycles. The number of aromatic nitrogens is 3. The Balaban J connectivity index is 0.00000497. The summed E-state index contributed by atoms with van der Waals surface area (Å²) in [4.78, 5) is 41.2. The van der Waals surface area contributed by atoms with Crippen molar-refractivity contribution in [3.8, 4) is 0 Å². The molecular formula is C49H83N5O14. The molecule has 3 aliphatic heterocycles. The number of esters is 1. The van der Waals surface area contributed by atoms with Gasteiger partial charge < -0.3 is 68.3 Å². The summed E-state index contributed by atoms with van der Waals surface area (Å²) in [6, 6.07) is 3.09. The average Bonchev–Trinajstić information content (AvgIpc) is 3.77. The Morgan fingerprint density at radius 2 is 1.60 bits per heavy atom. The predicted octanol–water partition coefficient (Wildman–Crippen LogP) is 3.41. The van der Waals surface area contributed by atoms with Gasteiger partial charge >= 0.3 is 5.97 Å². The second kappa shape index (κ2) is 24.9. The van der Waals surface area contributed by atoms with E-state index in [0.717, 1.165) is 18.7 Å². The number of likely N-dealkylation sites (N-methyl/N-ethyl adjacent to an activating group) is 2. The van der Waals surface area contributed by atoms with Crippen LogP contribution < -0.4 is 0 Å². The van der Waals surface area contributed by atoms with Gasteiger partial charge in [0.2, 0.25) is 0 Å². The van der Waals surface area contributed by atoms with E-state index in [4.69, 9.17) is 38.4 Å². The number of carbonyl (C=O) groups excluding carboxylic acids is 1. The van der Waals surface area contributed by atoms with Crippen molar-refractivity contribution < 1.29 is 58.7 Å². The van der Waals surface area contributed by atoms with E-state index < -0.39 is 96.0 Å². The Hall–Kier alpha value is -3.05. The largest absolute Gasteiger partial charge is 0.459 e. The number of rotatable bonds is 13. The maximum Gasteiger partial charge on any atom is 0.311 e. The Labute approximate surface area is 403 Å². The van der Waals surface area contributed by atoms with Crippen molar-refractivity contribution in [1.29, 1.82) is 0 Å². The third-order valence-corrected chi connectivity index (χ3v) is 14.9. The maximum absolute atomic E-state index is 14.4. The zero-order chi connectivity index (χ0) is 50.9. The summed E-state index contributed by atoms with van der Waals surface area (Å²) in [5, 5.41) is 59.5. The number of cyclic esters (lactones) is 1. The van der Waals surface area contributed by atoms with Crippen LogP contribution in [0.2, 0.25) is 0 Å². The van der Waals surface area contributed by atoms with Crippen LogP contribution in [0.1, 0.15) is 106 Å². The molecular weight excluding hydrogens is 883 g/mol. The second-order valence-electron chi connectivity index (χ2n) is 20.6.